The maximum atomic E-state index is 12.2. The standard InChI is InChI=1S/C18H19ClN2O5/c1-25-16-7-6-12(19)10-15(16)21-17(23)11-26-18(24)13-4-2-3-5-14(13)20-8-9-22/h2-7,10,20,22H,8-9,11H2,1H3,(H,21,23). The molecule has 0 saturated heterocycles. The van der Waals surface area contributed by atoms with Crippen molar-refractivity contribution in [3.63, 3.8) is 0 Å². The van der Waals surface area contributed by atoms with Crippen molar-refractivity contribution >= 4 is 34.9 Å². The third-order valence-corrected chi connectivity index (χ3v) is 3.58. The van der Waals surface area contributed by atoms with Gasteiger partial charge in [0.25, 0.3) is 5.91 Å². The Labute approximate surface area is 155 Å². The lowest BCUT2D eigenvalue weighted by atomic mass is 10.2. The average Bonchev–Trinajstić information content (AvgIpc) is 2.65. The lowest BCUT2D eigenvalue weighted by Crippen LogP contribution is -2.22. The van der Waals surface area contributed by atoms with Gasteiger partial charge in [-0.25, -0.2) is 4.79 Å². The Balaban J connectivity index is 1.97. The van der Waals surface area contributed by atoms with Crippen LogP contribution in [0.1, 0.15) is 10.4 Å². The third kappa shape index (κ3) is 5.37. The van der Waals surface area contributed by atoms with Crippen LogP contribution >= 0.6 is 11.6 Å². The number of anilines is 2. The number of hydrogen-bond donors (Lipinski definition) is 3. The number of para-hydroxylation sites is 1. The molecule has 2 rings (SSSR count). The van der Waals surface area contributed by atoms with Crippen molar-refractivity contribution in [2.45, 2.75) is 0 Å². The fourth-order valence-electron chi connectivity index (χ4n) is 2.18. The summed E-state index contributed by atoms with van der Waals surface area (Å²) in [5.74, 6) is -0.744. The smallest absolute Gasteiger partial charge is 0.340 e. The van der Waals surface area contributed by atoms with E-state index in [1.807, 2.05) is 0 Å². The van der Waals surface area contributed by atoms with Crippen molar-refractivity contribution in [3.8, 4) is 5.75 Å². The topological polar surface area (TPSA) is 96.9 Å². The van der Waals surface area contributed by atoms with E-state index < -0.39 is 18.5 Å². The molecule has 2 aromatic rings. The maximum Gasteiger partial charge on any atom is 0.340 e. The minimum atomic E-state index is -0.653. The molecule has 1 amide bonds. The molecule has 0 unspecified atom stereocenters. The number of methoxy groups -OCH3 is 1. The first-order valence-corrected chi connectivity index (χ1v) is 8.17. The van der Waals surface area contributed by atoms with Crippen LogP contribution in [0.4, 0.5) is 11.4 Å². The Morgan fingerprint density at radius 1 is 1.15 bits per heavy atom. The molecule has 0 aliphatic carbocycles. The molecular weight excluding hydrogens is 360 g/mol. The van der Waals surface area contributed by atoms with Crippen LogP contribution in [-0.4, -0.2) is 43.9 Å². The normalized spacial score (nSPS) is 10.1. The molecule has 0 saturated carbocycles. The lowest BCUT2D eigenvalue weighted by Gasteiger charge is -2.12. The van der Waals surface area contributed by atoms with E-state index >= 15 is 0 Å². The first-order chi connectivity index (χ1) is 12.5. The Morgan fingerprint density at radius 2 is 1.92 bits per heavy atom. The molecule has 3 N–H and O–H groups in total. The molecule has 138 valence electrons. The van der Waals surface area contributed by atoms with E-state index in [1.54, 1.807) is 36.4 Å². The molecule has 0 radical (unpaired) electrons. The molecule has 0 fully saturated rings. The first-order valence-electron chi connectivity index (χ1n) is 7.79. The number of benzene rings is 2. The maximum absolute atomic E-state index is 12.2. The van der Waals surface area contributed by atoms with Crippen LogP contribution in [0.25, 0.3) is 0 Å². The first kappa shape index (κ1) is 19.6. The van der Waals surface area contributed by atoms with E-state index in [0.29, 0.717) is 28.7 Å². The zero-order valence-corrected chi connectivity index (χ0v) is 14.9. The molecule has 0 atom stereocenters. The van der Waals surface area contributed by atoms with Gasteiger partial charge in [-0.1, -0.05) is 23.7 Å². The van der Waals surface area contributed by atoms with E-state index in [4.69, 9.17) is 26.2 Å². The van der Waals surface area contributed by atoms with Crippen LogP contribution in [0.2, 0.25) is 5.02 Å². The number of esters is 1. The summed E-state index contributed by atoms with van der Waals surface area (Å²) >= 11 is 5.91. The molecule has 0 heterocycles. The molecule has 0 aromatic heterocycles. The molecule has 0 bridgehead atoms. The third-order valence-electron chi connectivity index (χ3n) is 3.34. The van der Waals surface area contributed by atoms with E-state index in [0.717, 1.165) is 0 Å². The Morgan fingerprint density at radius 3 is 2.65 bits per heavy atom. The Kier molecular flexibility index (Phi) is 7.25. The average molecular weight is 379 g/mol. The van der Waals surface area contributed by atoms with Gasteiger partial charge >= 0.3 is 5.97 Å². The molecule has 0 aliphatic heterocycles. The SMILES string of the molecule is COc1ccc(Cl)cc1NC(=O)COC(=O)c1ccccc1NCCO. The minimum Gasteiger partial charge on any atom is -0.495 e. The van der Waals surface area contributed by atoms with Crippen molar-refractivity contribution in [3.05, 3.63) is 53.1 Å². The van der Waals surface area contributed by atoms with E-state index in [2.05, 4.69) is 10.6 Å². The number of ether oxygens (including phenoxy) is 2. The molecule has 0 spiro atoms. The number of hydrogen-bond acceptors (Lipinski definition) is 6. The van der Waals surface area contributed by atoms with Gasteiger partial charge in [0.1, 0.15) is 5.75 Å². The fourth-order valence-corrected chi connectivity index (χ4v) is 2.35. The van der Waals surface area contributed by atoms with Gasteiger partial charge in [0.2, 0.25) is 0 Å². The predicted molar refractivity (Wildman–Crippen MR) is 98.9 cm³/mol. The van der Waals surface area contributed by atoms with Gasteiger partial charge in [-0.3, -0.25) is 4.79 Å². The number of aliphatic hydroxyl groups excluding tert-OH is 1. The van der Waals surface area contributed by atoms with Gasteiger partial charge in [-0.15, -0.1) is 0 Å². The van der Waals surface area contributed by atoms with Gasteiger partial charge in [0.15, 0.2) is 6.61 Å². The summed E-state index contributed by atoms with van der Waals surface area (Å²) < 4.78 is 10.2. The monoisotopic (exact) mass is 378 g/mol. The van der Waals surface area contributed by atoms with Crippen molar-refractivity contribution in [1.82, 2.24) is 0 Å². The number of aliphatic hydroxyl groups is 1. The highest BCUT2D eigenvalue weighted by Crippen LogP contribution is 2.27. The predicted octanol–water partition coefficient (Wildman–Crippen LogP) is 2.55. The number of carbonyl (C=O) groups is 2. The quantitative estimate of drug-likeness (QED) is 0.611. The zero-order valence-electron chi connectivity index (χ0n) is 14.1. The van der Waals surface area contributed by atoms with Gasteiger partial charge in [0, 0.05) is 17.3 Å². The summed E-state index contributed by atoms with van der Waals surface area (Å²) in [4.78, 5) is 24.3. The van der Waals surface area contributed by atoms with Crippen LogP contribution < -0.4 is 15.4 Å². The summed E-state index contributed by atoms with van der Waals surface area (Å²) in [7, 11) is 1.47. The Hall–Kier alpha value is -2.77. The van der Waals surface area contributed by atoms with Crippen LogP contribution in [0.5, 0.6) is 5.75 Å². The van der Waals surface area contributed by atoms with Crippen molar-refractivity contribution in [2.75, 3.05) is 37.5 Å². The highest BCUT2D eigenvalue weighted by atomic mass is 35.5. The van der Waals surface area contributed by atoms with Gasteiger partial charge in [-0.2, -0.15) is 0 Å². The summed E-state index contributed by atoms with van der Waals surface area (Å²) in [5.41, 5.74) is 1.17. The number of nitrogens with one attached hydrogen (secondary N) is 2. The minimum absolute atomic E-state index is 0.0761. The van der Waals surface area contributed by atoms with Crippen LogP contribution in [0, 0.1) is 0 Å². The van der Waals surface area contributed by atoms with Crippen molar-refractivity contribution in [2.24, 2.45) is 0 Å². The van der Waals surface area contributed by atoms with Gasteiger partial charge in [0.05, 0.1) is 25.0 Å². The van der Waals surface area contributed by atoms with E-state index in [1.165, 1.54) is 13.2 Å². The fraction of sp³-hybridized carbons (Fsp3) is 0.222. The summed E-state index contributed by atoms with van der Waals surface area (Å²) in [5, 5.41) is 14.8. The molecular formula is C18H19ClN2O5. The summed E-state index contributed by atoms with van der Waals surface area (Å²) in [6.45, 7) is -0.255. The lowest BCUT2D eigenvalue weighted by molar-refractivity contribution is -0.119. The number of amides is 1. The van der Waals surface area contributed by atoms with Crippen LogP contribution in [0.15, 0.2) is 42.5 Å². The second-order valence-corrected chi connectivity index (χ2v) is 5.60. The van der Waals surface area contributed by atoms with Gasteiger partial charge in [-0.05, 0) is 30.3 Å². The van der Waals surface area contributed by atoms with Crippen LogP contribution in [-0.2, 0) is 9.53 Å². The number of rotatable bonds is 8. The number of halogens is 1. The second-order valence-electron chi connectivity index (χ2n) is 5.16. The second kappa shape index (κ2) is 9.65. The summed E-state index contributed by atoms with van der Waals surface area (Å²) in [6.07, 6.45) is 0. The van der Waals surface area contributed by atoms with Crippen molar-refractivity contribution < 1.29 is 24.2 Å². The molecule has 8 heteroatoms. The summed E-state index contributed by atoms with van der Waals surface area (Å²) in [6, 6.07) is 11.5. The van der Waals surface area contributed by atoms with E-state index in [-0.39, 0.29) is 12.2 Å². The highest BCUT2D eigenvalue weighted by molar-refractivity contribution is 6.31. The van der Waals surface area contributed by atoms with Crippen molar-refractivity contribution in [1.29, 1.82) is 0 Å². The highest BCUT2D eigenvalue weighted by Gasteiger charge is 2.15. The Bertz CT molecular complexity index is 782. The zero-order chi connectivity index (χ0) is 18.9. The number of carbonyl (C=O) groups excluding carboxylic acids is 2. The van der Waals surface area contributed by atoms with E-state index in [9.17, 15) is 9.59 Å². The largest absolute Gasteiger partial charge is 0.495 e. The van der Waals surface area contributed by atoms with Crippen LogP contribution in [0.3, 0.4) is 0 Å². The van der Waals surface area contributed by atoms with Gasteiger partial charge < -0.3 is 25.2 Å². The molecule has 0 aliphatic rings. The molecule has 2 aromatic carbocycles. The molecule has 7 nitrogen and oxygen atoms in total. The molecule has 26 heavy (non-hydrogen) atoms.